The van der Waals surface area contributed by atoms with Crippen LogP contribution in [-0.4, -0.2) is 53.7 Å². The summed E-state index contributed by atoms with van der Waals surface area (Å²) in [6.45, 7) is 3.67. The van der Waals surface area contributed by atoms with Gasteiger partial charge in [0.2, 0.25) is 5.28 Å². The molecule has 2 aromatic heterocycles. The molecule has 24 heavy (non-hydrogen) atoms. The van der Waals surface area contributed by atoms with E-state index in [1.165, 1.54) is 6.33 Å². The third kappa shape index (κ3) is 2.21. The summed E-state index contributed by atoms with van der Waals surface area (Å²) in [6.07, 6.45) is 0.629. The van der Waals surface area contributed by atoms with Crippen LogP contribution in [-0.2, 0) is 0 Å². The monoisotopic (exact) mass is 355 g/mol. The van der Waals surface area contributed by atoms with Crippen LogP contribution in [0.3, 0.4) is 0 Å². The van der Waals surface area contributed by atoms with Gasteiger partial charge in [0.25, 0.3) is 0 Å². The van der Waals surface area contributed by atoms with E-state index in [4.69, 9.17) is 17.3 Å². The van der Waals surface area contributed by atoms with E-state index in [0.29, 0.717) is 24.0 Å². The number of aliphatic hydroxyl groups is 3. The molecule has 5 atom stereocenters. The minimum atomic E-state index is -1.06. The van der Waals surface area contributed by atoms with Crippen molar-refractivity contribution < 1.29 is 15.3 Å². The summed E-state index contributed by atoms with van der Waals surface area (Å²) in [5, 5.41) is 31.3. The molecule has 2 aromatic rings. The number of aromatic nitrogens is 4. The molecule has 1 fully saturated rings. The molecule has 0 radical (unpaired) electrons. The second kappa shape index (κ2) is 6.11. The zero-order chi connectivity index (χ0) is 17.6. The lowest BCUT2D eigenvalue weighted by molar-refractivity contribution is -0.0606. The van der Waals surface area contributed by atoms with E-state index in [9.17, 15) is 15.3 Å². The average Bonchev–Trinajstić information content (AvgIpc) is 3.06. The van der Waals surface area contributed by atoms with Crippen LogP contribution in [0.1, 0.15) is 32.7 Å². The van der Waals surface area contributed by atoms with Crippen molar-refractivity contribution in [1.29, 1.82) is 0 Å². The van der Waals surface area contributed by atoms with Crippen molar-refractivity contribution in [2.24, 2.45) is 11.3 Å². The lowest BCUT2D eigenvalue weighted by Gasteiger charge is -2.36. The molecule has 0 aliphatic heterocycles. The normalized spacial score (nSPS) is 33.4. The molecule has 1 saturated carbocycles. The Hall–Kier alpha value is -1.48. The van der Waals surface area contributed by atoms with Crippen LogP contribution in [0, 0.1) is 11.3 Å². The Morgan fingerprint density at radius 1 is 1.33 bits per heavy atom. The van der Waals surface area contributed by atoms with Gasteiger partial charge in [-0.1, -0.05) is 20.3 Å². The fraction of sp³-hybridized carbons (Fsp3) is 0.667. The van der Waals surface area contributed by atoms with Gasteiger partial charge in [0.05, 0.1) is 25.1 Å². The molecule has 3 rings (SSSR count). The highest BCUT2D eigenvalue weighted by molar-refractivity contribution is 6.28. The first kappa shape index (κ1) is 17.3. The molecule has 0 unspecified atom stereocenters. The Morgan fingerprint density at radius 3 is 2.62 bits per heavy atom. The Balaban J connectivity index is 2.18. The average molecular weight is 356 g/mol. The maximum atomic E-state index is 10.7. The van der Waals surface area contributed by atoms with Crippen LogP contribution in [0.5, 0.6) is 0 Å². The lowest BCUT2D eigenvalue weighted by Crippen LogP contribution is -2.41. The van der Waals surface area contributed by atoms with E-state index in [2.05, 4.69) is 15.0 Å². The standard InChI is InChI=1S/C15H22ClN5O3/c1-3-7-9(10(23)11(24)15(7,4-2)5-22)21-6-18-8-12(17)19-14(16)20-13(8)21/h6-7,9-11,22-24H,3-5H2,1-2H3,(H2,17,19,20)/t7-,9-,10+,11+,15+/m1/s1. The number of imidazole rings is 1. The molecule has 0 saturated heterocycles. The lowest BCUT2D eigenvalue weighted by atomic mass is 9.73. The maximum Gasteiger partial charge on any atom is 0.226 e. The van der Waals surface area contributed by atoms with Crippen molar-refractivity contribution >= 4 is 28.6 Å². The van der Waals surface area contributed by atoms with E-state index >= 15 is 0 Å². The second-order valence-electron chi connectivity index (χ2n) is 6.39. The molecule has 0 aromatic carbocycles. The number of rotatable bonds is 4. The molecular weight excluding hydrogens is 334 g/mol. The summed E-state index contributed by atoms with van der Waals surface area (Å²) in [6, 6.07) is -0.493. The summed E-state index contributed by atoms with van der Waals surface area (Å²) in [4.78, 5) is 12.3. The Morgan fingerprint density at radius 2 is 2.04 bits per heavy atom. The Kier molecular flexibility index (Phi) is 4.41. The Bertz CT molecular complexity index is 748. The smallest absolute Gasteiger partial charge is 0.226 e. The summed E-state index contributed by atoms with van der Waals surface area (Å²) in [5.41, 5.74) is 5.87. The van der Waals surface area contributed by atoms with Gasteiger partial charge in [-0.05, 0) is 23.9 Å². The molecular formula is C15H22ClN5O3. The van der Waals surface area contributed by atoms with Gasteiger partial charge >= 0.3 is 0 Å². The van der Waals surface area contributed by atoms with Crippen molar-refractivity contribution in [2.45, 2.75) is 44.9 Å². The van der Waals surface area contributed by atoms with E-state index in [1.807, 2.05) is 13.8 Å². The number of anilines is 1. The number of nitrogens with two attached hydrogens (primary N) is 1. The predicted molar refractivity (Wildman–Crippen MR) is 89.4 cm³/mol. The van der Waals surface area contributed by atoms with Gasteiger partial charge in [0.15, 0.2) is 11.5 Å². The van der Waals surface area contributed by atoms with E-state index in [0.717, 1.165) is 0 Å². The van der Waals surface area contributed by atoms with E-state index in [-0.39, 0.29) is 23.6 Å². The van der Waals surface area contributed by atoms with Crippen molar-refractivity contribution in [1.82, 2.24) is 19.5 Å². The molecule has 8 nitrogen and oxygen atoms in total. The number of aliphatic hydroxyl groups excluding tert-OH is 3. The van der Waals surface area contributed by atoms with Crippen LogP contribution in [0.2, 0.25) is 5.28 Å². The molecule has 0 bridgehead atoms. The predicted octanol–water partition coefficient (Wildman–Crippen LogP) is 0.753. The minimum absolute atomic E-state index is 0.00764. The summed E-state index contributed by atoms with van der Waals surface area (Å²) >= 11 is 5.91. The molecule has 1 aliphatic carbocycles. The number of fused-ring (bicyclic) bond motifs is 1. The molecule has 2 heterocycles. The summed E-state index contributed by atoms with van der Waals surface area (Å²) in [5.74, 6) is -0.00129. The summed E-state index contributed by atoms with van der Waals surface area (Å²) in [7, 11) is 0. The van der Waals surface area contributed by atoms with E-state index < -0.39 is 23.7 Å². The maximum absolute atomic E-state index is 10.7. The fourth-order valence-electron chi connectivity index (χ4n) is 4.25. The molecule has 0 spiro atoms. The number of hydrogen-bond donors (Lipinski definition) is 4. The first-order valence-electron chi connectivity index (χ1n) is 8.03. The number of hydrogen-bond acceptors (Lipinski definition) is 7. The van der Waals surface area contributed by atoms with Crippen LogP contribution < -0.4 is 5.73 Å². The van der Waals surface area contributed by atoms with Crippen molar-refractivity contribution in [2.75, 3.05) is 12.3 Å². The Labute approximate surface area is 144 Å². The van der Waals surface area contributed by atoms with Crippen LogP contribution in [0.4, 0.5) is 5.82 Å². The van der Waals surface area contributed by atoms with Crippen LogP contribution in [0.25, 0.3) is 11.2 Å². The van der Waals surface area contributed by atoms with E-state index in [1.54, 1.807) is 4.57 Å². The topological polar surface area (TPSA) is 130 Å². The van der Waals surface area contributed by atoms with Gasteiger partial charge in [-0.15, -0.1) is 0 Å². The number of nitrogen functional groups attached to an aromatic ring is 1. The van der Waals surface area contributed by atoms with Crippen LogP contribution >= 0.6 is 11.6 Å². The third-order valence-corrected chi connectivity index (χ3v) is 5.72. The zero-order valence-electron chi connectivity index (χ0n) is 13.6. The highest BCUT2D eigenvalue weighted by Crippen LogP contribution is 2.53. The fourth-order valence-corrected chi connectivity index (χ4v) is 4.42. The molecule has 0 amide bonds. The molecule has 1 aliphatic rings. The zero-order valence-corrected chi connectivity index (χ0v) is 14.3. The number of nitrogens with zero attached hydrogens (tertiary/aromatic N) is 4. The summed E-state index contributed by atoms with van der Waals surface area (Å²) < 4.78 is 1.69. The minimum Gasteiger partial charge on any atom is -0.396 e. The van der Waals surface area contributed by atoms with Gasteiger partial charge in [0.1, 0.15) is 11.6 Å². The van der Waals surface area contributed by atoms with Gasteiger partial charge < -0.3 is 25.6 Å². The largest absolute Gasteiger partial charge is 0.396 e. The van der Waals surface area contributed by atoms with Crippen molar-refractivity contribution in [3.05, 3.63) is 11.6 Å². The highest BCUT2D eigenvalue weighted by atomic mass is 35.5. The van der Waals surface area contributed by atoms with Crippen molar-refractivity contribution in [3.8, 4) is 0 Å². The number of halogens is 1. The molecule has 132 valence electrons. The van der Waals surface area contributed by atoms with Gasteiger partial charge in [-0.2, -0.15) is 9.97 Å². The molecule has 9 heteroatoms. The van der Waals surface area contributed by atoms with Crippen molar-refractivity contribution in [3.63, 3.8) is 0 Å². The van der Waals surface area contributed by atoms with Crippen LogP contribution in [0.15, 0.2) is 6.33 Å². The van der Waals surface area contributed by atoms with Gasteiger partial charge in [0, 0.05) is 5.41 Å². The third-order valence-electron chi connectivity index (χ3n) is 5.55. The van der Waals surface area contributed by atoms with Gasteiger partial charge in [-0.3, -0.25) is 0 Å². The quantitative estimate of drug-likeness (QED) is 0.595. The van der Waals surface area contributed by atoms with Gasteiger partial charge in [-0.25, -0.2) is 4.98 Å². The molecule has 5 N–H and O–H groups in total. The first-order valence-corrected chi connectivity index (χ1v) is 8.41. The highest BCUT2D eigenvalue weighted by Gasteiger charge is 2.58. The SMILES string of the molecule is CC[C@@H]1[C@@H](n2cnc3c(N)nc(Cl)nc32)[C@H](O)[C@H](O)[C@@]1(CC)CO. The second-order valence-corrected chi connectivity index (χ2v) is 6.73. The first-order chi connectivity index (χ1) is 11.4.